The number of aliphatic hydroxyl groups excluding tert-OH is 8. The average molecular weight is 1180 g/mol. The van der Waals surface area contributed by atoms with Gasteiger partial charge in [0, 0.05) is 0 Å². The maximum absolute atomic E-state index is 13.2. The van der Waals surface area contributed by atoms with Crippen LogP contribution in [0.1, 0.15) is 40.0 Å². The normalized spacial score (nSPS) is 26.5. The van der Waals surface area contributed by atoms with Crippen LogP contribution in [0, 0.1) is 11.8 Å². The van der Waals surface area contributed by atoms with Crippen LogP contribution in [0.2, 0.25) is 0 Å². The van der Waals surface area contributed by atoms with Crippen LogP contribution in [0.3, 0.4) is 0 Å². The molecule has 2 aromatic rings. The Morgan fingerprint density at radius 2 is 1.19 bits per heavy atom. The molecule has 0 radical (unpaired) electrons. The molecule has 14 atom stereocenters. The molecule has 8 N–H and O–H groups in total. The van der Waals surface area contributed by atoms with Gasteiger partial charge in [-0.3, -0.25) is 0 Å². The molecule has 2 heterocycles. The Labute approximate surface area is 440 Å². The Bertz CT molecular complexity index is 1900. The van der Waals surface area contributed by atoms with E-state index in [0.29, 0.717) is 35.4 Å². The van der Waals surface area contributed by atoms with Gasteiger partial charge in [-0.1, -0.05) is 20.3 Å². The van der Waals surface area contributed by atoms with Crippen LogP contribution < -0.4 is 31.1 Å². The predicted molar refractivity (Wildman–Crippen MR) is 258 cm³/mol. The zero-order chi connectivity index (χ0) is 53.2. The molecule has 14 unspecified atom stereocenters. The summed E-state index contributed by atoms with van der Waals surface area (Å²) in [5.74, 6) is -0.231. The quantitative estimate of drug-likeness (QED) is 0.0150. The molecule has 0 aliphatic carbocycles. The first-order valence-corrected chi connectivity index (χ1v) is 28.7. The third-order valence-electron chi connectivity index (χ3n) is 12.2. The van der Waals surface area contributed by atoms with Crippen LogP contribution in [0.5, 0.6) is 11.5 Å². The minimum atomic E-state index is -3.79. The molecule has 23 heteroatoms. The average Bonchev–Trinajstić information content (AvgIpc) is 3.39. The number of rotatable bonds is 37. The second-order valence-electron chi connectivity index (χ2n) is 17.8. The Morgan fingerprint density at radius 3 is 1.81 bits per heavy atom. The Morgan fingerprint density at radius 1 is 0.616 bits per heavy atom. The number of alkyl halides is 1. The molecule has 0 amide bonds. The van der Waals surface area contributed by atoms with E-state index in [1.54, 1.807) is 18.2 Å². The van der Waals surface area contributed by atoms with Gasteiger partial charge in [0.2, 0.25) is 9.84 Å². The standard InChI is InChI=1S/C50H80IO21S/c1-5-10-41-43(21-52)71-46(49(58)47(41)56)31-67-29-42-44(72-45(30-63-7-3)50(59)48(42)57)32-70-51-19-8-9-20-64-23-34(54)24-66-27-38(68-26-35(55)25-65-22-33(53)6-2)28-69-37-13-17-40(18-14-37)73(60,61)39-15-11-36(62-4)12-16-39/h8-9,11-18,33-35,38,41-50,52-59H,5-7,10,19-32H2,1-4H3/q-1/b9-8+. The fourth-order valence-electron chi connectivity index (χ4n) is 7.93. The van der Waals surface area contributed by atoms with Gasteiger partial charge in [-0.25, -0.2) is 8.42 Å². The van der Waals surface area contributed by atoms with E-state index in [9.17, 15) is 49.3 Å². The molecule has 0 aromatic heterocycles. The van der Waals surface area contributed by atoms with E-state index in [2.05, 4.69) is 0 Å². The molecule has 4 rings (SSSR count). The molecule has 73 heavy (non-hydrogen) atoms. The molecule has 21 nitrogen and oxygen atoms in total. The summed E-state index contributed by atoms with van der Waals surface area (Å²) in [7, 11) is -2.30. The molecule has 0 spiro atoms. The van der Waals surface area contributed by atoms with Crippen molar-refractivity contribution in [2.45, 2.75) is 123 Å². The van der Waals surface area contributed by atoms with Crippen LogP contribution in [-0.2, 0) is 50.8 Å². The van der Waals surface area contributed by atoms with Gasteiger partial charge >= 0.3 is 264 Å². The SMILES string of the molecule is CCCC1C(CO)OC(COCC2C(CO[I-]C/C=C/COCC(O)COCC(COc3ccc(S(=O)(=O)c4ccc(OC)cc4)cc3)OCC(O)COCC(O)CC)OC(COCC)C(O)C2O)C(O)C1O. The third-order valence-corrected chi connectivity index (χ3v) is 15.6. The summed E-state index contributed by atoms with van der Waals surface area (Å²) in [4.78, 5) is 0.183. The van der Waals surface area contributed by atoms with Gasteiger partial charge in [-0.05, 0) is 55.0 Å². The minimum absolute atomic E-state index is 0.0310. The zero-order valence-corrected chi connectivity index (χ0v) is 45.2. The molecular weight excluding hydrogens is 1100 g/mol. The summed E-state index contributed by atoms with van der Waals surface area (Å²) >= 11 is -0.820. The molecule has 420 valence electrons. The van der Waals surface area contributed by atoms with E-state index in [-0.39, 0.29) is 95.7 Å². The number of ether oxygens (including phenoxy) is 10. The van der Waals surface area contributed by atoms with Crippen molar-refractivity contribution < 1.29 is 121 Å². The Kier molecular flexibility index (Phi) is 29.9. The number of allylic oxidation sites excluding steroid dienone is 1. The number of aliphatic hydroxyl groups is 8. The summed E-state index contributed by atoms with van der Waals surface area (Å²) in [5.41, 5.74) is 0. The van der Waals surface area contributed by atoms with Crippen molar-refractivity contribution in [3.63, 3.8) is 0 Å². The van der Waals surface area contributed by atoms with Gasteiger partial charge in [0.1, 0.15) is 17.6 Å². The monoisotopic (exact) mass is 1180 g/mol. The molecule has 0 bridgehead atoms. The maximum atomic E-state index is 13.2. The van der Waals surface area contributed by atoms with Crippen LogP contribution >= 0.6 is 0 Å². The molecular formula is C50H80IO21S-. The Balaban J connectivity index is 1.19. The zero-order valence-electron chi connectivity index (χ0n) is 42.3. The number of benzene rings is 2. The molecule has 2 aromatic carbocycles. The van der Waals surface area contributed by atoms with Crippen LogP contribution in [0.4, 0.5) is 0 Å². The first-order valence-electron chi connectivity index (χ1n) is 24.8. The predicted octanol–water partition coefficient (Wildman–Crippen LogP) is -2.53. The van der Waals surface area contributed by atoms with Gasteiger partial charge in [0.05, 0.1) is 42.8 Å². The topological polar surface area (TPSA) is 298 Å². The number of halogens is 1. The molecule has 0 saturated carbocycles. The number of hydrogen-bond donors (Lipinski definition) is 8. The summed E-state index contributed by atoms with van der Waals surface area (Å²) in [6.45, 7) is 5.48. The number of sulfone groups is 1. The van der Waals surface area contributed by atoms with Crippen molar-refractivity contribution in [1.82, 2.24) is 0 Å². The van der Waals surface area contributed by atoms with E-state index < -0.39 is 117 Å². The van der Waals surface area contributed by atoms with Crippen LogP contribution in [0.25, 0.3) is 0 Å². The van der Waals surface area contributed by atoms with Crippen LogP contribution in [-0.4, -0.2) is 227 Å². The van der Waals surface area contributed by atoms with Gasteiger partial charge in [-0.2, -0.15) is 0 Å². The van der Waals surface area contributed by atoms with Crippen molar-refractivity contribution >= 4 is 9.84 Å². The van der Waals surface area contributed by atoms with E-state index in [1.807, 2.05) is 26.8 Å². The van der Waals surface area contributed by atoms with Gasteiger partial charge in [0.15, 0.2) is 0 Å². The van der Waals surface area contributed by atoms with Crippen molar-refractivity contribution in [3.05, 3.63) is 60.7 Å². The summed E-state index contributed by atoms with van der Waals surface area (Å²) in [5, 5.41) is 84.2. The Hall–Kier alpha value is -2.22. The molecule has 2 fully saturated rings. The fraction of sp³-hybridized carbons (Fsp3) is 0.720. The summed E-state index contributed by atoms with van der Waals surface area (Å²) in [6, 6.07) is 12.0. The first-order chi connectivity index (χ1) is 35.2. The van der Waals surface area contributed by atoms with E-state index >= 15 is 0 Å². The number of hydrogen-bond acceptors (Lipinski definition) is 21. The van der Waals surface area contributed by atoms with Crippen molar-refractivity contribution in [1.29, 1.82) is 0 Å². The van der Waals surface area contributed by atoms with E-state index in [4.69, 9.17) is 50.4 Å². The number of methoxy groups -OCH3 is 1. The summed E-state index contributed by atoms with van der Waals surface area (Å²) in [6.07, 6.45) is -5.69. The summed E-state index contributed by atoms with van der Waals surface area (Å²) < 4.78 is 90.1. The van der Waals surface area contributed by atoms with Crippen molar-refractivity contribution in [2.75, 3.05) is 104 Å². The second kappa shape index (κ2) is 34.5. The second-order valence-corrected chi connectivity index (χ2v) is 21.9. The van der Waals surface area contributed by atoms with Crippen molar-refractivity contribution in [2.24, 2.45) is 11.8 Å². The van der Waals surface area contributed by atoms with Gasteiger partial charge in [-0.15, -0.1) is 0 Å². The van der Waals surface area contributed by atoms with E-state index in [0.717, 1.165) is 6.42 Å². The van der Waals surface area contributed by atoms with Crippen LogP contribution in [0.15, 0.2) is 70.5 Å². The molecule has 2 aliphatic rings. The molecule has 2 saturated heterocycles. The first kappa shape index (κ1) is 63.3. The van der Waals surface area contributed by atoms with Gasteiger partial charge < -0.3 is 24.4 Å². The third kappa shape index (κ3) is 21.3. The molecule has 2 aliphatic heterocycles. The fourth-order valence-corrected chi connectivity index (χ4v) is 10.6. The van der Waals surface area contributed by atoms with E-state index in [1.165, 1.54) is 43.5 Å². The van der Waals surface area contributed by atoms with Gasteiger partial charge in [0.25, 0.3) is 0 Å². The van der Waals surface area contributed by atoms with Crippen molar-refractivity contribution in [3.8, 4) is 11.5 Å².